The lowest BCUT2D eigenvalue weighted by molar-refractivity contribution is -0.384. The average Bonchev–Trinajstić information content (AvgIpc) is 3.21. The molecule has 0 radical (unpaired) electrons. The van der Waals surface area contributed by atoms with Gasteiger partial charge in [0.1, 0.15) is 0 Å². The number of halogens is 1. The maximum Gasteiger partial charge on any atom is 0.269 e. The van der Waals surface area contributed by atoms with Crippen LogP contribution in [0.25, 0.3) is 5.69 Å². The Labute approximate surface area is 156 Å². The molecule has 1 N–H and O–H groups in total. The van der Waals surface area contributed by atoms with E-state index in [0.29, 0.717) is 23.3 Å². The molecule has 2 saturated heterocycles. The van der Waals surface area contributed by atoms with Gasteiger partial charge in [0.25, 0.3) is 11.6 Å². The summed E-state index contributed by atoms with van der Waals surface area (Å²) >= 11 is 0. The van der Waals surface area contributed by atoms with Crippen LogP contribution in [-0.4, -0.2) is 50.7 Å². The normalized spacial score (nSPS) is 21.8. The van der Waals surface area contributed by atoms with E-state index < -0.39 is 4.92 Å². The second-order valence-corrected chi connectivity index (χ2v) is 6.62. The van der Waals surface area contributed by atoms with Gasteiger partial charge in [-0.05, 0) is 31.4 Å². The van der Waals surface area contributed by atoms with Crippen LogP contribution in [0.4, 0.5) is 5.69 Å². The first-order valence-corrected chi connectivity index (χ1v) is 8.45. The summed E-state index contributed by atoms with van der Waals surface area (Å²) in [5.74, 6) is -0.0116. The molecule has 0 aliphatic carbocycles. The molecule has 2 atom stereocenters. The number of aromatic nitrogens is 2. The molecule has 0 saturated carbocycles. The van der Waals surface area contributed by atoms with Crippen LogP contribution in [0.3, 0.4) is 0 Å². The summed E-state index contributed by atoms with van der Waals surface area (Å²) in [6, 6.07) is 7.01. The Morgan fingerprint density at radius 3 is 2.65 bits per heavy atom. The first-order valence-electron chi connectivity index (χ1n) is 8.45. The average molecular weight is 378 g/mol. The first-order chi connectivity index (χ1) is 12.1. The number of likely N-dealkylation sites (tertiary alicyclic amines) is 1. The van der Waals surface area contributed by atoms with Crippen molar-refractivity contribution in [3.8, 4) is 5.69 Å². The second kappa shape index (κ2) is 7.43. The van der Waals surface area contributed by atoms with Gasteiger partial charge in [0.2, 0.25) is 0 Å². The van der Waals surface area contributed by atoms with Gasteiger partial charge >= 0.3 is 0 Å². The number of hydrogen-bond acceptors (Lipinski definition) is 5. The molecule has 2 aliphatic heterocycles. The maximum atomic E-state index is 12.8. The molecule has 2 bridgehead atoms. The van der Waals surface area contributed by atoms with Crippen LogP contribution in [-0.2, 0) is 0 Å². The molecule has 1 aromatic carbocycles. The van der Waals surface area contributed by atoms with Gasteiger partial charge in [-0.2, -0.15) is 5.10 Å². The van der Waals surface area contributed by atoms with Crippen LogP contribution < -0.4 is 5.32 Å². The predicted molar refractivity (Wildman–Crippen MR) is 97.9 cm³/mol. The van der Waals surface area contributed by atoms with E-state index in [4.69, 9.17) is 0 Å². The molecule has 4 rings (SSSR count). The SMILES string of the molecule is Cl.O=C(c1cnn(-c2ccc([N+](=O)[O-])cc2)c1)N1CCC2CCC(C1)N2. The number of nitro benzene ring substituents is 1. The number of nitrogens with zero attached hydrogens (tertiary/aromatic N) is 4. The lowest BCUT2D eigenvalue weighted by Crippen LogP contribution is -2.38. The van der Waals surface area contributed by atoms with Gasteiger partial charge in [-0.1, -0.05) is 0 Å². The van der Waals surface area contributed by atoms with Crippen molar-refractivity contribution in [2.75, 3.05) is 13.1 Å². The van der Waals surface area contributed by atoms with Gasteiger partial charge in [0, 0.05) is 43.5 Å². The topological polar surface area (TPSA) is 93.3 Å². The van der Waals surface area contributed by atoms with Crippen molar-refractivity contribution < 1.29 is 9.72 Å². The largest absolute Gasteiger partial charge is 0.337 e. The van der Waals surface area contributed by atoms with E-state index in [2.05, 4.69) is 10.4 Å². The van der Waals surface area contributed by atoms with Gasteiger partial charge < -0.3 is 10.2 Å². The maximum absolute atomic E-state index is 12.8. The van der Waals surface area contributed by atoms with Gasteiger partial charge in [-0.15, -0.1) is 12.4 Å². The predicted octanol–water partition coefficient (Wildman–Crippen LogP) is 2.17. The molecule has 1 aromatic heterocycles. The fourth-order valence-electron chi connectivity index (χ4n) is 3.61. The molecule has 2 aliphatic rings. The lowest BCUT2D eigenvalue weighted by Gasteiger charge is -2.23. The molecule has 1 amide bonds. The number of nitrogens with one attached hydrogen (secondary N) is 1. The van der Waals surface area contributed by atoms with Crippen LogP contribution in [0.2, 0.25) is 0 Å². The van der Waals surface area contributed by atoms with Gasteiger partial charge in [-0.3, -0.25) is 14.9 Å². The van der Waals surface area contributed by atoms with E-state index >= 15 is 0 Å². The minimum Gasteiger partial charge on any atom is -0.337 e. The number of amides is 1. The molecule has 0 spiro atoms. The summed E-state index contributed by atoms with van der Waals surface area (Å²) in [5.41, 5.74) is 1.25. The smallest absolute Gasteiger partial charge is 0.269 e. The van der Waals surface area contributed by atoms with Crippen molar-refractivity contribution in [2.24, 2.45) is 0 Å². The van der Waals surface area contributed by atoms with Crippen molar-refractivity contribution in [3.05, 3.63) is 52.3 Å². The molecule has 2 aromatic rings. The standard InChI is InChI=1S/C17H19N5O3.ClH/c23-17(20-8-7-13-1-2-14(11-20)19-13)12-9-18-21(10-12)15-3-5-16(6-4-15)22(24)25;/h3-6,9-10,13-14,19H,1-2,7-8,11H2;1H. The summed E-state index contributed by atoms with van der Waals surface area (Å²) in [6.45, 7) is 1.49. The van der Waals surface area contributed by atoms with E-state index in [1.54, 1.807) is 29.2 Å². The number of hydrogen-bond donors (Lipinski definition) is 1. The molecular weight excluding hydrogens is 358 g/mol. The minimum atomic E-state index is -0.442. The van der Waals surface area contributed by atoms with Crippen molar-refractivity contribution >= 4 is 24.0 Å². The minimum absolute atomic E-state index is 0. The lowest BCUT2D eigenvalue weighted by atomic mass is 10.1. The zero-order valence-electron chi connectivity index (χ0n) is 14.1. The van der Waals surface area contributed by atoms with Crippen LogP contribution in [0.1, 0.15) is 29.6 Å². The summed E-state index contributed by atoms with van der Waals surface area (Å²) in [4.78, 5) is 25.0. The quantitative estimate of drug-likeness (QED) is 0.653. The van der Waals surface area contributed by atoms with Crippen LogP contribution in [0.5, 0.6) is 0 Å². The summed E-state index contributed by atoms with van der Waals surface area (Å²) in [5, 5.41) is 18.5. The highest BCUT2D eigenvalue weighted by molar-refractivity contribution is 5.93. The highest BCUT2D eigenvalue weighted by atomic mass is 35.5. The molecule has 3 heterocycles. The zero-order chi connectivity index (χ0) is 17.4. The third-order valence-electron chi connectivity index (χ3n) is 4.97. The Bertz CT molecular complexity index is 807. The molecule has 9 heteroatoms. The molecular formula is C17H20ClN5O3. The van der Waals surface area contributed by atoms with Crippen molar-refractivity contribution in [1.29, 1.82) is 0 Å². The zero-order valence-corrected chi connectivity index (χ0v) is 14.9. The van der Waals surface area contributed by atoms with Crippen molar-refractivity contribution in [3.63, 3.8) is 0 Å². The van der Waals surface area contributed by atoms with Crippen LogP contribution in [0, 0.1) is 10.1 Å². The summed E-state index contributed by atoms with van der Waals surface area (Å²) < 4.78 is 1.57. The number of carbonyl (C=O) groups excluding carboxylic acids is 1. The van der Waals surface area contributed by atoms with Crippen LogP contribution in [0.15, 0.2) is 36.7 Å². The molecule has 8 nitrogen and oxygen atoms in total. The number of fused-ring (bicyclic) bond motifs is 2. The second-order valence-electron chi connectivity index (χ2n) is 6.62. The Hall–Kier alpha value is -2.45. The van der Waals surface area contributed by atoms with E-state index in [-0.39, 0.29) is 24.0 Å². The molecule has 2 unspecified atom stereocenters. The Morgan fingerprint density at radius 2 is 1.92 bits per heavy atom. The highest BCUT2D eigenvalue weighted by Gasteiger charge is 2.31. The number of rotatable bonds is 3. The Morgan fingerprint density at radius 1 is 1.19 bits per heavy atom. The highest BCUT2D eigenvalue weighted by Crippen LogP contribution is 2.22. The van der Waals surface area contributed by atoms with E-state index in [0.717, 1.165) is 25.9 Å². The van der Waals surface area contributed by atoms with E-state index in [1.165, 1.54) is 18.6 Å². The monoisotopic (exact) mass is 377 g/mol. The Balaban J connectivity index is 0.00000196. The Kier molecular flexibility index (Phi) is 5.24. The third kappa shape index (κ3) is 3.56. The van der Waals surface area contributed by atoms with Crippen molar-refractivity contribution in [1.82, 2.24) is 20.0 Å². The molecule has 26 heavy (non-hydrogen) atoms. The molecule has 138 valence electrons. The van der Waals surface area contributed by atoms with Crippen LogP contribution >= 0.6 is 12.4 Å². The third-order valence-corrected chi connectivity index (χ3v) is 4.97. The summed E-state index contributed by atoms with van der Waals surface area (Å²) in [6.07, 6.45) is 6.54. The first kappa shape index (κ1) is 18.3. The van der Waals surface area contributed by atoms with Crippen molar-refractivity contribution in [2.45, 2.75) is 31.3 Å². The fraction of sp³-hybridized carbons (Fsp3) is 0.412. The summed E-state index contributed by atoms with van der Waals surface area (Å²) in [7, 11) is 0. The van der Waals surface area contributed by atoms with Gasteiger partial charge in [0.15, 0.2) is 0 Å². The van der Waals surface area contributed by atoms with Gasteiger partial charge in [-0.25, -0.2) is 4.68 Å². The van der Waals surface area contributed by atoms with E-state index in [1.807, 2.05) is 4.90 Å². The molecule has 2 fully saturated rings. The van der Waals surface area contributed by atoms with Gasteiger partial charge in [0.05, 0.1) is 22.4 Å². The number of nitro groups is 1. The van der Waals surface area contributed by atoms with E-state index in [9.17, 15) is 14.9 Å². The fourth-order valence-corrected chi connectivity index (χ4v) is 3.61. The number of carbonyl (C=O) groups is 1. The number of non-ortho nitro benzene ring substituents is 1. The number of benzene rings is 1.